The van der Waals surface area contributed by atoms with E-state index in [-0.39, 0.29) is 24.3 Å². The van der Waals surface area contributed by atoms with E-state index in [0.717, 1.165) is 42.3 Å². The maximum atomic E-state index is 13.1. The summed E-state index contributed by atoms with van der Waals surface area (Å²) in [5.74, 6) is 5.15. The Hall–Kier alpha value is -3.97. The van der Waals surface area contributed by atoms with Crippen LogP contribution in [0.25, 0.3) is 0 Å². The third-order valence-corrected chi connectivity index (χ3v) is 9.06. The van der Waals surface area contributed by atoms with Gasteiger partial charge < -0.3 is 4.90 Å². The highest BCUT2D eigenvalue weighted by Crippen LogP contribution is 2.38. The first-order chi connectivity index (χ1) is 18.8. The van der Waals surface area contributed by atoms with Crippen LogP contribution in [0.1, 0.15) is 65.3 Å². The lowest BCUT2D eigenvalue weighted by Gasteiger charge is -2.51. The highest BCUT2D eigenvalue weighted by atomic mass is 16.2. The van der Waals surface area contributed by atoms with E-state index in [0.29, 0.717) is 23.1 Å². The molecule has 1 atom stereocenters. The van der Waals surface area contributed by atoms with Gasteiger partial charge in [0, 0.05) is 56.4 Å². The molecule has 1 aliphatic carbocycles. The molecule has 10 nitrogen and oxygen atoms in total. The second-order valence-corrected chi connectivity index (χ2v) is 11.7. The number of nitrogens with zero attached hydrogens (tertiary/aromatic N) is 5. The highest BCUT2D eigenvalue weighted by molar-refractivity contribution is 6.23. The SMILES string of the molecule is CC1(n2cc(C#CC3CN(C4CN(c5ccc6c(c5)C(=O)N(C5CCC(=O)NC5=O)C6=O)C4)C3)cn2)CCC1. The lowest BCUT2D eigenvalue weighted by atomic mass is 9.79. The van der Waals surface area contributed by atoms with Gasteiger partial charge in [0.1, 0.15) is 6.04 Å². The molecule has 1 unspecified atom stereocenters. The van der Waals surface area contributed by atoms with Crippen LogP contribution < -0.4 is 10.2 Å². The van der Waals surface area contributed by atoms with E-state index in [1.54, 1.807) is 12.1 Å². The van der Waals surface area contributed by atoms with Crippen molar-refractivity contribution >= 4 is 29.3 Å². The second-order valence-electron chi connectivity index (χ2n) is 11.7. The number of likely N-dealkylation sites (tertiary alicyclic amines) is 1. The fraction of sp³-hybridized carbons (Fsp3) is 0.483. The van der Waals surface area contributed by atoms with Crippen LogP contribution in [0.3, 0.4) is 0 Å². The van der Waals surface area contributed by atoms with Crippen LogP contribution in [0.15, 0.2) is 30.6 Å². The average Bonchev–Trinajstić information content (AvgIpc) is 3.41. The van der Waals surface area contributed by atoms with Crippen molar-refractivity contribution in [2.45, 2.75) is 56.7 Å². The van der Waals surface area contributed by atoms with E-state index in [1.807, 2.05) is 12.3 Å². The summed E-state index contributed by atoms with van der Waals surface area (Å²) in [5.41, 5.74) is 2.67. The van der Waals surface area contributed by atoms with Crippen molar-refractivity contribution in [2.24, 2.45) is 5.92 Å². The van der Waals surface area contributed by atoms with Gasteiger partial charge >= 0.3 is 0 Å². The molecule has 1 aromatic heterocycles. The molecule has 2 aromatic rings. The molecule has 5 aliphatic rings. The lowest BCUT2D eigenvalue weighted by molar-refractivity contribution is -0.136. The van der Waals surface area contributed by atoms with Crippen LogP contribution in [0.4, 0.5) is 5.69 Å². The number of carbonyl (C=O) groups excluding carboxylic acids is 4. The van der Waals surface area contributed by atoms with Crippen molar-refractivity contribution in [3.8, 4) is 11.8 Å². The number of piperidine rings is 1. The van der Waals surface area contributed by atoms with E-state index in [2.05, 4.69) is 49.9 Å². The maximum Gasteiger partial charge on any atom is 0.262 e. The molecular formula is C29H30N6O4. The number of hydrogen-bond donors (Lipinski definition) is 1. The Bertz CT molecular complexity index is 1470. The molecule has 7 rings (SSSR count). The minimum Gasteiger partial charge on any atom is -0.368 e. The molecule has 4 fully saturated rings. The van der Waals surface area contributed by atoms with Gasteiger partial charge in [0.15, 0.2) is 0 Å². The summed E-state index contributed by atoms with van der Waals surface area (Å²) in [5, 5.41) is 6.75. The molecule has 5 heterocycles. The van der Waals surface area contributed by atoms with Crippen LogP contribution in [0.5, 0.6) is 0 Å². The fourth-order valence-corrected chi connectivity index (χ4v) is 6.24. The molecular weight excluding hydrogens is 496 g/mol. The number of anilines is 1. The smallest absolute Gasteiger partial charge is 0.262 e. The quantitative estimate of drug-likeness (QED) is 0.474. The van der Waals surface area contributed by atoms with Gasteiger partial charge in [0.2, 0.25) is 11.8 Å². The summed E-state index contributed by atoms with van der Waals surface area (Å²) < 4.78 is 2.07. The van der Waals surface area contributed by atoms with Crippen molar-refractivity contribution in [1.82, 2.24) is 24.9 Å². The number of carbonyl (C=O) groups is 4. The first kappa shape index (κ1) is 24.1. The van der Waals surface area contributed by atoms with Gasteiger partial charge in [0.25, 0.3) is 11.8 Å². The zero-order valence-corrected chi connectivity index (χ0v) is 21.9. The topological polar surface area (TPSA) is 108 Å². The van der Waals surface area contributed by atoms with Crippen molar-refractivity contribution in [2.75, 3.05) is 31.1 Å². The number of fused-ring (bicyclic) bond motifs is 1. The molecule has 10 heteroatoms. The number of benzene rings is 1. The Labute approximate surface area is 226 Å². The molecule has 4 amide bonds. The normalized spacial score (nSPS) is 24.9. The summed E-state index contributed by atoms with van der Waals surface area (Å²) in [6, 6.07) is 4.79. The summed E-state index contributed by atoms with van der Waals surface area (Å²) in [6.45, 7) is 5.86. The Morgan fingerprint density at radius 3 is 2.51 bits per heavy atom. The maximum absolute atomic E-state index is 13.1. The van der Waals surface area contributed by atoms with Gasteiger partial charge in [-0.15, -0.1) is 0 Å². The Balaban J connectivity index is 0.935. The third-order valence-electron chi connectivity index (χ3n) is 9.06. The number of aromatic nitrogens is 2. The molecule has 1 saturated carbocycles. The van der Waals surface area contributed by atoms with Gasteiger partial charge in [-0.05, 0) is 50.8 Å². The van der Waals surface area contributed by atoms with E-state index in [1.165, 1.54) is 19.3 Å². The van der Waals surface area contributed by atoms with Crippen molar-refractivity contribution in [1.29, 1.82) is 0 Å². The van der Waals surface area contributed by atoms with Crippen LogP contribution in [0, 0.1) is 17.8 Å². The largest absolute Gasteiger partial charge is 0.368 e. The van der Waals surface area contributed by atoms with Crippen molar-refractivity contribution < 1.29 is 19.2 Å². The minimum atomic E-state index is -0.948. The molecule has 0 spiro atoms. The van der Waals surface area contributed by atoms with Gasteiger partial charge in [0.05, 0.1) is 28.4 Å². The zero-order valence-electron chi connectivity index (χ0n) is 21.9. The Morgan fingerprint density at radius 2 is 1.79 bits per heavy atom. The summed E-state index contributed by atoms with van der Waals surface area (Å²) in [7, 11) is 0. The van der Waals surface area contributed by atoms with Crippen LogP contribution in [-0.2, 0) is 15.1 Å². The Kier molecular flexibility index (Phi) is 5.42. The molecule has 4 aliphatic heterocycles. The molecule has 3 saturated heterocycles. The number of imide groups is 2. The first-order valence-electron chi connectivity index (χ1n) is 13.7. The molecule has 0 bridgehead atoms. The van der Waals surface area contributed by atoms with E-state index in [4.69, 9.17) is 0 Å². The van der Waals surface area contributed by atoms with Gasteiger partial charge in [-0.25, -0.2) is 0 Å². The number of rotatable bonds is 4. The van der Waals surface area contributed by atoms with Crippen LogP contribution in [0.2, 0.25) is 0 Å². The molecule has 200 valence electrons. The van der Waals surface area contributed by atoms with E-state index >= 15 is 0 Å². The summed E-state index contributed by atoms with van der Waals surface area (Å²) >= 11 is 0. The lowest BCUT2D eigenvalue weighted by Crippen LogP contribution is -2.65. The zero-order chi connectivity index (χ0) is 26.9. The van der Waals surface area contributed by atoms with Crippen LogP contribution in [-0.4, -0.2) is 81.5 Å². The van der Waals surface area contributed by atoms with E-state index in [9.17, 15) is 19.2 Å². The number of nitrogens with one attached hydrogen (secondary N) is 1. The average molecular weight is 527 g/mol. The standard InChI is InChI=1S/C29H30N6O4/c1-29(9-2-10-29)34-15-18(12-30-34)3-4-19-13-32(14-19)21-16-33(17-21)20-5-6-22-23(11-20)28(39)35(27(22)38)24-7-8-25(36)31-26(24)37/h5-6,11-12,15,19,21,24H,2,7-10,13-14,16-17H2,1H3,(H,31,36,37). The monoisotopic (exact) mass is 526 g/mol. The fourth-order valence-electron chi connectivity index (χ4n) is 6.24. The van der Waals surface area contributed by atoms with Gasteiger partial charge in [-0.1, -0.05) is 11.8 Å². The predicted octanol–water partition coefficient (Wildman–Crippen LogP) is 1.36. The molecule has 1 aromatic carbocycles. The van der Waals surface area contributed by atoms with Crippen LogP contribution >= 0.6 is 0 Å². The van der Waals surface area contributed by atoms with Gasteiger partial charge in [-0.3, -0.25) is 39.0 Å². The second kappa shape index (κ2) is 8.78. The summed E-state index contributed by atoms with van der Waals surface area (Å²) in [6.07, 6.45) is 7.83. The highest BCUT2D eigenvalue weighted by Gasteiger charge is 2.45. The predicted molar refractivity (Wildman–Crippen MR) is 141 cm³/mol. The van der Waals surface area contributed by atoms with Gasteiger partial charge in [-0.2, -0.15) is 5.10 Å². The van der Waals surface area contributed by atoms with Crippen molar-refractivity contribution in [3.05, 3.63) is 47.3 Å². The first-order valence-corrected chi connectivity index (χ1v) is 13.7. The third kappa shape index (κ3) is 3.95. The summed E-state index contributed by atoms with van der Waals surface area (Å²) in [4.78, 5) is 55.5. The molecule has 1 N–H and O–H groups in total. The number of hydrogen-bond acceptors (Lipinski definition) is 7. The minimum absolute atomic E-state index is 0.109. The molecule has 39 heavy (non-hydrogen) atoms. The van der Waals surface area contributed by atoms with E-state index < -0.39 is 23.8 Å². The van der Waals surface area contributed by atoms with Crippen molar-refractivity contribution in [3.63, 3.8) is 0 Å². The number of amides is 4. The Morgan fingerprint density at radius 1 is 1.03 bits per heavy atom. The molecule has 0 radical (unpaired) electrons.